The van der Waals surface area contributed by atoms with Crippen molar-refractivity contribution in [3.63, 3.8) is 0 Å². The number of hydrogen-bond acceptors (Lipinski definition) is 6. The summed E-state index contributed by atoms with van der Waals surface area (Å²) in [5.74, 6) is -0.951. The number of hydrogen-bond donors (Lipinski definition) is 3. The van der Waals surface area contributed by atoms with Crippen molar-refractivity contribution < 1.29 is 24.8 Å². The zero-order chi connectivity index (χ0) is 15.3. The van der Waals surface area contributed by atoms with Gasteiger partial charge in [0, 0.05) is 18.5 Å². The summed E-state index contributed by atoms with van der Waals surface area (Å²) >= 11 is 0. The molecule has 0 amide bonds. The number of fused-ring (bicyclic) bond motifs is 2. The predicted octanol–water partition coefficient (Wildman–Crippen LogP) is -0.856. The minimum Gasteiger partial charge on any atom is -0.393 e. The number of pyridine rings is 1. The molecule has 116 valence electrons. The van der Waals surface area contributed by atoms with Gasteiger partial charge in [-0.3, -0.25) is 4.79 Å². The van der Waals surface area contributed by atoms with Crippen LogP contribution in [-0.2, 0) is 34.0 Å². The lowest BCUT2D eigenvalue weighted by Gasteiger charge is -2.27. The third-order valence-electron chi connectivity index (χ3n) is 4.26. The molecule has 2 aliphatic heterocycles. The second-order valence-electron chi connectivity index (χ2n) is 5.67. The predicted molar refractivity (Wildman–Crippen MR) is 71.5 cm³/mol. The highest BCUT2D eigenvalue weighted by atomic mass is 16.7. The minimum atomic E-state index is -1.62. The molecule has 1 fully saturated rings. The fraction of sp³-hybridized carbons (Fsp3) is 0.643. The summed E-state index contributed by atoms with van der Waals surface area (Å²) in [7, 11) is 0. The number of rotatable bonds is 3. The molecule has 0 saturated carbocycles. The molecule has 1 unspecified atom stereocenters. The second kappa shape index (κ2) is 4.89. The van der Waals surface area contributed by atoms with Crippen LogP contribution >= 0.6 is 0 Å². The minimum absolute atomic E-state index is 0.0906. The Morgan fingerprint density at radius 1 is 1.38 bits per heavy atom. The van der Waals surface area contributed by atoms with E-state index in [-0.39, 0.29) is 16.7 Å². The lowest BCUT2D eigenvalue weighted by Crippen LogP contribution is -2.36. The standard InChI is InChI=1S/C14H19NO6/c1-13(19,8-17)10-6-11-14(20-4-5-21-14)2-3-15(11)12(18)9(10)7-16/h6,16-17,19H,2-5,7-8H2,1H3. The highest BCUT2D eigenvalue weighted by Crippen LogP contribution is 2.40. The molecule has 1 aromatic heterocycles. The summed E-state index contributed by atoms with van der Waals surface area (Å²) in [4.78, 5) is 12.5. The van der Waals surface area contributed by atoms with Crippen LogP contribution in [0.15, 0.2) is 10.9 Å². The van der Waals surface area contributed by atoms with Crippen LogP contribution in [0.2, 0.25) is 0 Å². The molecular weight excluding hydrogens is 278 g/mol. The van der Waals surface area contributed by atoms with E-state index in [1.54, 1.807) is 6.07 Å². The number of ether oxygens (including phenoxy) is 2. The van der Waals surface area contributed by atoms with E-state index in [0.29, 0.717) is 31.9 Å². The van der Waals surface area contributed by atoms with Crippen molar-refractivity contribution in [2.75, 3.05) is 19.8 Å². The van der Waals surface area contributed by atoms with Crippen LogP contribution in [-0.4, -0.2) is 39.7 Å². The Balaban J connectivity index is 2.24. The molecule has 2 aliphatic rings. The number of aliphatic hydroxyl groups is 3. The highest BCUT2D eigenvalue weighted by molar-refractivity contribution is 5.35. The molecule has 7 nitrogen and oxygen atoms in total. The Bertz CT molecular complexity index is 615. The lowest BCUT2D eigenvalue weighted by atomic mass is 9.92. The van der Waals surface area contributed by atoms with Crippen LogP contribution < -0.4 is 5.56 Å². The molecular formula is C14H19NO6. The normalized spacial score (nSPS) is 22.5. The molecule has 3 rings (SSSR count). The van der Waals surface area contributed by atoms with Gasteiger partial charge in [0.2, 0.25) is 5.79 Å². The Kier molecular flexibility index (Phi) is 3.42. The Morgan fingerprint density at radius 3 is 2.62 bits per heavy atom. The lowest BCUT2D eigenvalue weighted by molar-refractivity contribution is -0.163. The molecule has 1 saturated heterocycles. The van der Waals surface area contributed by atoms with Crippen molar-refractivity contribution in [1.29, 1.82) is 0 Å². The molecule has 1 aromatic rings. The van der Waals surface area contributed by atoms with Crippen molar-refractivity contribution in [2.45, 2.75) is 37.9 Å². The number of nitrogens with zero attached hydrogens (tertiary/aromatic N) is 1. The molecule has 0 bridgehead atoms. The molecule has 1 atom stereocenters. The van der Waals surface area contributed by atoms with Gasteiger partial charge in [0.05, 0.1) is 32.1 Å². The zero-order valence-corrected chi connectivity index (χ0v) is 11.8. The van der Waals surface area contributed by atoms with Gasteiger partial charge < -0.3 is 29.4 Å². The van der Waals surface area contributed by atoms with E-state index in [2.05, 4.69) is 0 Å². The highest BCUT2D eigenvalue weighted by Gasteiger charge is 2.46. The van der Waals surface area contributed by atoms with Gasteiger partial charge in [-0.1, -0.05) is 0 Å². The Labute approximate surface area is 121 Å². The second-order valence-corrected chi connectivity index (χ2v) is 5.67. The first-order valence-corrected chi connectivity index (χ1v) is 6.95. The van der Waals surface area contributed by atoms with E-state index in [1.165, 1.54) is 11.5 Å². The van der Waals surface area contributed by atoms with Gasteiger partial charge in [-0.25, -0.2) is 0 Å². The van der Waals surface area contributed by atoms with Gasteiger partial charge in [0.1, 0.15) is 5.60 Å². The average molecular weight is 297 g/mol. The van der Waals surface area contributed by atoms with Gasteiger partial charge >= 0.3 is 0 Å². The summed E-state index contributed by atoms with van der Waals surface area (Å²) in [6.45, 7) is 1.67. The monoisotopic (exact) mass is 297 g/mol. The van der Waals surface area contributed by atoms with Crippen LogP contribution in [0.1, 0.15) is 30.2 Å². The van der Waals surface area contributed by atoms with E-state index < -0.39 is 24.6 Å². The first kappa shape index (κ1) is 14.7. The van der Waals surface area contributed by atoms with E-state index >= 15 is 0 Å². The van der Waals surface area contributed by atoms with E-state index in [1.807, 2.05) is 0 Å². The van der Waals surface area contributed by atoms with Gasteiger partial charge in [-0.15, -0.1) is 0 Å². The quantitative estimate of drug-likeness (QED) is 0.671. The van der Waals surface area contributed by atoms with Gasteiger partial charge in [-0.05, 0) is 18.6 Å². The third-order valence-corrected chi connectivity index (χ3v) is 4.26. The molecule has 0 radical (unpaired) electrons. The SMILES string of the molecule is CC(O)(CO)c1cc2n(c(=O)c1CO)CCC21OCCO1. The summed E-state index contributed by atoms with van der Waals surface area (Å²) in [5, 5.41) is 29.1. The first-order valence-electron chi connectivity index (χ1n) is 6.95. The fourth-order valence-corrected chi connectivity index (χ4v) is 3.08. The molecule has 0 aliphatic carbocycles. The maximum atomic E-state index is 12.5. The third kappa shape index (κ3) is 2.04. The largest absolute Gasteiger partial charge is 0.393 e. The van der Waals surface area contributed by atoms with E-state index in [0.717, 1.165) is 0 Å². The van der Waals surface area contributed by atoms with Gasteiger partial charge in [-0.2, -0.15) is 0 Å². The van der Waals surface area contributed by atoms with Crippen LogP contribution in [0.4, 0.5) is 0 Å². The van der Waals surface area contributed by atoms with Crippen molar-refractivity contribution >= 4 is 0 Å². The summed E-state index contributed by atoms with van der Waals surface area (Å²) in [6, 6.07) is 1.60. The molecule has 21 heavy (non-hydrogen) atoms. The van der Waals surface area contributed by atoms with Crippen molar-refractivity contribution in [1.82, 2.24) is 4.57 Å². The average Bonchev–Trinajstić information content (AvgIpc) is 3.08. The van der Waals surface area contributed by atoms with E-state index in [9.17, 15) is 20.1 Å². The van der Waals surface area contributed by atoms with Crippen LogP contribution in [0.25, 0.3) is 0 Å². The molecule has 7 heteroatoms. The first-order chi connectivity index (χ1) is 9.95. The fourth-order valence-electron chi connectivity index (χ4n) is 3.08. The van der Waals surface area contributed by atoms with Gasteiger partial charge in [0.15, 0.2) is 0 Å². The van der Waals surface area contributed by atoms with Crippen molar-refractivity contribution in [2.24, 2.45) is 0 Å². The summed E-state index contributed by atoms with van der Waals surface area (Å²) in [6.07, 6.45) is 0.512. The number of aromatic nitrogens is 1. The van der Waals surface area contributed by atoms with E-state index in [4.69, 9.17) is 9.47 Å². The summed E-state index contributed by atoms with van der Waals surface area (Å²) < 4.78 is 12.8. The van der Waals surface area contributed by atoms with Crippen LogP contribution in [0.5, 0.6) is 0 Å². The molecule has 0 aromatic carbocycles. The number of aliphatic hydroxyl groups excluding tert-OH is 2. The van der Waals surface area contributed by atoms with Crippen molar-refractivity contribution in [3.05, 3.63) is 33.2 Å². The van der Waals surface area contributed by atoms with Crippen molar-refractivity contribution in [3.8, 4) is 0 Å². The smallest absolute Gasteiger partial charge is 0.256 e. The van der Waals surface area contributed by atoms with Crippen LogP contribution in [0, 0.1) is 0 Å². The Hall–Kier alpha value is -1.25. The van der Waals surface area contributed by atoms with Crippen LogP contribution in [0.3, 0.4) is 0 Å². The zero-order valence-electron chi connectivity index (χ0n) is 11.8. The molecule has 3 heterocycles. The van der Waals surface area contributed by atoms with Gasteiger partial charge in [0.25, 0.3) is 5.56 Å². The maximum Gasteiger partial charge on any atom is 0.256 e. The topological polar surface area (TPSA) is 101 Å². The Morgan fingerprint density at radius 2 is 2.05 bits per heavy atom. The maximum absolute atomic E-state index is 12.5. The summed E-state index contributed by atoms with van der Waals surface area (Å²) in [5.41, 5.74) is -1.16. The molecule has 3 N–H and O–H groups in total. The molecule has 1 spiro atoms.